The third-order valence-electron chi connectivity index (χ3n) is 3.15. The Hall–Kier alpha value is -1.62. The van der Waals surface area contributed by atoms with E-state index in [2.05, 4.69) is 9.97 Å². The van der Waals surface area contributed by atoms with E-state index in [1.54, 1.807) is 37.5 Å². The second kappa shape index (κ2) is 5.30. The average molecular weight is 341 g/mol. The van der Waals surface area contributed by atoms with Crippen molar-refractivity contribution < 1.29 is 0 Å². The summed E-state index contributed by atoms with van der Waals surface area (Å²) in [5.41, 5.74) is 1.09. The standard InChI is InChI=1S/C14H8Cl3N3O/c1-20-12-7(6-18-14(17)19-12)5-8(13(20)21)11-9(15)3-2-4-10(11)16/h2-6H,1H3. The average Bonchev–Trinajstić information content (AvgIpc) is 2.44. The van der Waals surface area contributed by atoms with E-state index in [4.69, 9.17) is 34.8 Å². The van der Waals surface area contributed by atoms with Crippen LogP contribution in [0.3, 0.4) is 0 Å². The number of hydrogen-bond acceptors (Lipinski definition) is 3. The largest absolute Gasteiger partial charge is 0.295 e. The molecule has 0 aliphatic rings. The molecular formula is C14H8Cl3N3O. The van der Waals surface area contributed by atoms with Gasteiger partial charge in [-0.25, -0.2) is 4.98 Å². The molecule has 0 aliphatic heterocycles. The zero-order valence-electron chi connectivity index (χ0n) is 10.8. The molecule has 0 unspecified atom stereocenters. The van der Waals surface area contributed by atoms with Gasteiger partial charge in [0.25, 0.3) is 5.56 Å². The van der Waals surface area contributed by atoms with Crippen LogP contribution in [0.5, 0.6) is 0 Å². The van der Waals surface area contributed by atoms with Gasteiger partial charge < -0.3 is 0 Å². The first-order valence-corrected chi connectivity index (χ1v) is 7.09. The van der Waals surface area contributed by atoms with Gasteiger partial charge in [-0.3, -0.25) is 9.36 Å². The first-order valence-electron chi connectivity index (χ1n) is 5.95. The number of fused-ring (bicyclic) bond motifs is 1. The van der Waals surface area contributed by atoms with Gasteiger partial charge in [-0.1, -0.05) is 29.3 Å². The second-order valence-corrected chi connectivity index (χ2v) is 5.59. The molecule has 0 saturated carbocycles. The summed E-state index contributed by atoms with van der Waals surface area (Å²) < 4.78 is 1.40. The molecule has 0 atom stereocenters. The molecule has 0 amide bonds. The van der Waals surface area contributed by atoms with Gasteiger partial charge in [0.15, 0.2) is 0 Å². The Morgan fingerprint density at radius 1 is 1.14 bits per heavy atom. The van der Waals surface area contributed by atoms with Crippen molar-refractivity contribution in [2.24, 2.45) is 7.05 Å². The summed E-state index contributed by atoms with van der Waals surface area (Å²) in [5.74, 6) is 0. The second-order valence-electron chi connectivity index (χ2n) is 4.44. The zero-order valence-corrected chi connectivity index (χ0v) is 13.0. The molecule has 2 aromatic heterocycles. The van der Waals surface area contributed by atoms with E-state index in [0.717, 1.165) is 0 Å². The first-order chi connectivity index (χ1) is 9.99. The number of benzene rings is 1. The molecule has 0 bridgehead atoms. The Bertz CT molecular complexity index is 901. The lowest BCUT2D eigenvalue weighted by molar-refractivity contribution is 0.886. The lowest BCUT2D eigenvalue weighted by Gasteiger charge is -2.10. The number of hydrogen-bond donors (Lipinski definition) is 0. The predicted molar refractivity (Wildman–Crippen MR) is 85.2 cm³/mol. The van der Waals surface area contributed by atoms with Crippen molar-refractivity contribution in [1.82, 2.24) is 14.5 Å². The van der Waals surface area contributed by atoms with Gasteiger partial charge in [0.05, 0.1) is 15.6 Å². The van der Waals surface area contributed by atoms with Crippen LogP contribution >= 0.6 is 34.8 Å². The summed E-state index contributed by atoms with van der Waals surface area (Å²) >= 11 is 18.1. The summed E-state index contributed by atoms with van der Waals surface area (Å²) in [6, 6.07) is 6.76. The molecule has 7 heteroatoms. The fraction of sp³-hybridized carbons (Fsp3) is 0.0714. The van der Waals surface area contributed by atoms with E-state index in [-0.39, 0.29) is 10.8 Å². The number of rotatable bonds is 1. The Balaban J connectivity index is 2.42. The molecule has 3 rings (SSSR count). The number of halogens is 3. The molecule has 2 heterocycles. The van der Waals surface area contributed by atoms with E-state index in [1.165, 1.54) is 4.57 Å². The van der Waals surface area contributed by atoms with Crippen molar-refractivity contribution in [1.29, 1.82) is 0 Å². The molecule has 4 nitrogen and oxygen atoms in total. The minimum absolute atomic E-state index is 0.0843. The summed E-state index contributed by atoms with van der Waals surface area (Å²) in [5, 5.41) is 1.58. The van der Waals surface area contributed by atoms with Crippen LogP contribution in [0.4, 0.5) is 0 Å². The Kier molecular flexibility index (Phi) is 3.61. The molecular weight excluding hydrogens is 333 g/mol. The lowest BCUT2D eigenvalue weighted by atomic mass is 10.1. The van der Waals surface area contributed by atoms with Crippen LogP contribution in [0.15, 0.2) is 35.3 Å². The topological polar surface area (TPSA) is 47.8 Å². The van der Waals surface area contributed by atoms with Gasteiger partial charge in [0, 0.05) is 24.2 Å². The fourth-order valence-electron chi connectivity index (χ4n) is 2.16. The summed E-state index contributed by atoms with van der Waals surface area (Å²) in [7, 11) is 1.61. The molecule has 1 aromatic carbocycles. The van der Waals surface area contributed by atoms with E-state index in [9.17, 15) is 4.79 Å². The van der Waals surface area contributed by atoms with Crippen molar-refractivity contribution in [3.05, 3.63) is 56.1 Å². The smallest absolute Gasteiger partial charge is 0.259 e. The van der Waals surface area contributed by atoms with E-state index < -0.39 is 0 Å². The van der Waals surface area contributed by atoms with Crippen molar-refractivity contribution in [3.8, 4) is 11.1 Å². The van der Waals surface area contributed by atoms with Crippen molar-refractivity contribution in [2.45, 2.75) is 0 Å². The monoisotopic (exact) mass is 339 g/mol. The van der Waals surface area contributed by atoms with Gasteiger partial charge in [-0.05, 0) is 29.8 Å². The maximum atomic E-state index is 12.5. The molecule has 0 spiro atoms. The van der Waals surface area contributed by atoms with Crippen molar-refractivity contribution in [2.75, 3.05) is 0 Å². The number of nitrogens with zero attached hydrogens (tertiary/aromatic N) is 3. The molecule has 0 N–H and O–H groups in total. The maximum absolute atomic E-state index is 12.5. The van der Waals surface area contributed by atoms with Crippen LogP contribution in [0.2, 0.25) is 15.3 Å². The van der Waals surface area contributed by atoms with Crippen LogP contribution in [0.1, 0.15) is 0 Å². The van der Waals surface area contributed by atoms with Gasteiger partial charge in [-0.15, -0.1) is 0 Å². The van der Waals surface area contributed by atoms with Gasteiger partial charge >= 0.3 is 0 Å². The molecule has 0 radical (unpaired) electrons. The quantitative estimate of drug-likeness (QED) is 0.630. The highest BCUT2D eigenvalue weighted by Gasteiger charge is 2.15. The molecule has 0 aliphatic carbocycles. The molecule has 0 fully saturated rings. The van der Waals surface area contributed by atoms with Crippen molar-refractivity contribution in [3.63, 3.8) is 0 Å². The van der Waals surface area contributed by atoms with Crippen LogP contribution in [-0.2, 0) is 7.05 Å². The zero-order chi connectivity index (χ0) is 15.1. The Morgan fingerprint density at radius 3 is 2.48 bits per heavy atom. The predicted octanol–water partition coefficient (Wildman–Crippen LogP) is 3.96. The highest BCUT2D eigenvalue weighted by atomic mass is 35.5. The molecule has 3 aromatic rings. The van der Waals surface area contributed by atoms with Crippen LogP contribution in [0.25, 0.3) is 22.2 Å². The van der Waals surface area contributed by atoms with Crippen LogP contribution < -0.4 is 5.56 Å². The molecule has 106 valence electrons. The van der Waals surface area contributed by atoms with E-state index in [1.807, 2.05) is 0 Å². The lowest BCUT2D eigenvalue weighted by Crippen LogP contribution is -2.20. The normalized spacial score (nSPS) is 11.0. The highest BCUT2D eigenvalue weighted by Crippen LogP contribution is 2.33. The van der Waals surface area contributed by atoms with Crippen molar-refractivity contribution >= 4 is 45.8 Å². The van der Waals surface area contributed by atoms with E-state index >= 15 is 0 Å². The first kappa shape index (κ1) is 14.3. The van der Waals surface area contributed by atoms with Crippen LogP contribution in [0, 0.1) is 0 Å². The number of aryl methyl sites for hydroxylation is 1. The third-order valence-corrected chi connectivity index (χ3v) is 3.96. The maximum Gasteiger partial charge on any atom is 0.259 e. The Labute approximate surface area is 134 Å². The van der Waals surface area contributed by atoms with Gasteiger partial charge in [0.1, 0.15) is 5.65 Å². The van der Waals surface area contributed by atoms with Crippen LogP contribution in [-0.4, -0.2) is 14.5 Å². The fourth-order valence-corrected chi connectivity index (χ4v) is 2.89. The van der Waals surface area contributed by atoms with Gasteiger partial charge in [0.2, 0.25) is 5.28 Å². The van der Waals surface area contributed by atoms with E-state index in [0.29, 0.717) is 32.2 Å². The molecule has 21 heavy (non-hydrogen) atoms. The third kappa shape index (κ3) is 2.39. The summed E-state index contributed by atoms with van der Waals surface area (Å²) in [4.78, 5) is 20.5. The van der Waals surface area contributed by atoms with Gasteiger partial charge in [-0.2, -0.15) is 4.98 Å². The number of aromatic nitrogens is 3. The minimum Gasteiger partial charge on any atom is -0.295 e. The minimum atomic E-state index is -0.257. The Morgan fingerprint density at radius 2 is 1.81 bits per heavy atom. The summed E-state index contributed by atoms with van der Waals surface area (Å²) in [6.07, 6.45) is 1.55. The molecule has 0 saturated heterocycles. The highest BCUT2D eigenvalue weighted by molar-refractivity contribution is 6.39. The summed E-state index contributed by atoms with van der Waals surface area (Å²) in [6.45, 7) is 0. The SMILES string of the molecule is Cn1c(=O)c(-c2c(Cl)cccc2Cl)cc2cnc(Cl)nc21. The number of pyridine rings is 1.